The standard InChI is InChI=1S/C23H25FN2O4S/c1-3-22(26(31(2,28)29)20-11-9-19(24)10-12-20)23(27)25-14-15-30-21-13-8-17-6-4-5-7-18(17)16-21/h4-13,16,22H,3,14-15H2,1-2H3,(H,25,27)/t22-/m1/s1. The molecule has 0 aliphatic heterocycles. The van der Waals surface area contributed by atoms with Gasteiger partial charge in [-0.2, -0.15) is 0 Å². The van der Waals surface area contributed by atoms with Crippen LogP contribution < -0.4 is 14.4 Å². The zero-order chi connectivity index (χ0) is 22.4. The fourth-order valence-corrected chi connectivity index (χ4v) is 4.58. The molecule has 0 aromatic heterocycles. The number of benzene rings is 3. The summed E-state index contributed by atoms with van der Waals surface area (Å²) in [6.07, 6.45) is 1.27. The van der Waals surface area contributed by atoms with Crippen LogP contribution in [0.3, 0.4) is 0 Å². The number of rotatable bonds is 9. The summed E-state index contributed by atoms with van der Waals surface area (Å²) in [4.78, 5) is 12.7. The average Bonchev–Trinajstić information content (AvgIpc) is 2.74. The van der Waals surface area contributed by atoms with Crippen molar-refractivity contribution in [2.45, 2.75) is 19.4 Å². The van der Waals surface area contributed by atoms with E-state index in [1.807, 2.05) is 42.5 Å². The molecule has 0 aliphatic rings. The minimum absolute atomic E-state index is 0.211. The average molecular weight is 445 g/mol. The van der Waals surface area contributed by atoms with E-state index in [1.54, 1.807) is 6.92 Å². The minimum atomic E-state index is -3.76. The zero-order valence-corrected chi connectivity index (χ0v) is 18.2. The van der Waals surface area contributed by atoms with Crippen molar-refractivity contribution in [3.05, 3.63) is 72.5 Å². The van der Waals surface area contributed by atoms with Crippen molar-refractivity contribution >= 4 is 32.4 Å². The van der Waals surface area contributed by atoms with Gasteiger partial charge >= 0.3 is 0 Å². The van der Waals surface area contributed by atoms with Crippen molar-refractivity contribution in [1.29, 1.82) is 0 Å². The number of hydrogen-bond acceptors (Lipinski definition) is 4. The van der Waals surface area contributed by atoms with E-state index in [9.17, 15) is 17.6 Å². The van der Waals surface area contributed by atoms with Crippen LogP contribution in [0.15, 0.2) is 66.7 Å². The Morgan fingerprint density at radius 1 is 1.06 bits per heavy atom. The van der Waals surface area contributed by atoms with Crippen molar-refractivity contribution in [3.63, 3.8) is 0 Å². The Bertz CT molecular complexity index is 1150. The largest absolute Gasteiger partial charge is 0.492 e. The van der Waals surface area contributed by atoms with Crippen molar-refractivity contribution < 1.29 is 22.3 Å². The van der Waals surface area contributed by atoms with Crippen LogP contribution in [-0.2, 0) is 14.8 Å². The Morgan fingerprint density at radius 3 is 2.39 bits per heavy atom. The smallest absolute Gasteiger partial charge is 0.244 e. The molecular formula is C23H25FN2O4S. The number of carbonyl (C=O) groups excluding carboxylic acids is 1. The van der Waals surface area contributed by atoms with Crippen LogP contribution >= 0.6 is 0 Å². The number of halogens is 1. The van der Waals surface area contributed by atoms with Crippen molar-refractivity contribution in [1.82, 2.24) is 5.32 Å². The summed E-state index contributed by atoms with van der Waals surface area (Å²) in [7, 11) is -3.76. The first-order valence-electron chi connectivity index (χ1n) is 9.94. The second kappa shape index (κ2) is 9.78. The van der Waals surface area contributed by atoms with E-state index in [2.05, 4.69) is 5.32 Å². The first-order chi connectivity index (χ1) is 14.8. The maximum Gasteiger partial charge on any atom is 0.244 e. The molecule has 0 bridgehead atoms. The molecule has 1 N–H and O–H groups in total. The number of anilines is 1. The van der Waals surface area contributed by atoms with E-state index in [0.29, 0.717) is 5.75 Å². The summed E-state index contributed by atoms with van der Waals surface area (Å²) in [5.41, 5.74) is 0.235. The highest BCUT2D eigenvalue weighted by atomic mass is 32.2. The van der Waals surface area contributed by atoms with Gasteiger partial charge in [-0.15, -0.1) is 0 Å². The van der Waals surface area contributed by atoms with Gasteiger partial charge in [-0.25, -0.2) is 12.8 Å². The summed E-state index contributed by atoms with van der Waals surface area (Å²) in [6.45, 7) is 2.16. The van der Waals surface area contributed by atoms with Gasteiger partial charge in [0.05, 0.1) is 18.5 Å². The minimum Gasteiger partial charge on any atom is -0.492 e. The normalized spacial score (nSPS) is 12.4. The second-order valence-corrected chi connectivity index (χ2v) is 8.97. The Balaban J connectivity index is 1.63. The van der Waals surface area contributed by atoms with Crippen LogP contribution in [0.2, 0.25) is 0 Å². The topological polar surface area (TPSA) is 75.7 Å². The molecule has 164 valence electrons. The fraction of sp³-hybridized carbons (Fsp3) is 0.261. The number of nitrogens with zero attached hydrogens (tertiary/aromatic N) is 1. The number of hydrogen-bond donors (Lipinski definition) is 1. The molecule has 8 heteroatoms. The van der Waals surface area contributed by atoms with Crippen LogP contribution in [0.5, 0.6) is 5.75 Å². The van der Waals surface area contributed by atoms with Crippen molar-refractivity contribution in [2.24, 2.45) is 0 Å². The lowest BCUT2D eigenvalue weighted by Crippen LogP contribution is -2.50. The van der Waals surface area contributed by atoms with Crippen molar-refractivity contribution in [3.8, 4) is 5.75 Å². The Morgan fingerprint density at radius 2 is 1.74 bits per heavy atom. The number of nitrogens with one attached hydrogen (secondary N) is 1. The van der Waals surface area contributed by atoms with E-state index in [-0.39, 0.29) is 25.3 Å². The van der Waals surface area contributed by atoms with Crippen LogP contribution in [0.4, 0.5) is 10.1 Å². The summed E-state index contributed by atoms with van der Waals surface area (Å²) in [5.74, 6) is -0.246. The molecule has 31 heavy (non-hydrogen) atoms. The molecule has 0 saturated heterocycles. The molecule has 3 aromatic rings. The number of fused-ring (bicyclic) bond motifs is 1. The first-order valence-corrected chi connectivity index (χ1v) is 11.8. The van der Waals surface area contributed by atoms with E-state index in [1.165, 1.54) is 12.1 Å². The third-order valence-corrected chi connectivity index (χ3v) is 5.98. The quantitative estimate of drug-likeness (QED) is 0.511. The van der Waals surface area contributed by atoms with Gasteiger partial charge in [-0.3, -0.25) is 9.10 Å². The molecule has 0 aliphatic carbocycles. The van der Waals surface area contributed by atoms with Gasteiger partial charge in [0, 0.05) is 0 Å². The first kappa shape index (κ1) is 22.6. The van der Waals surface area contributed by atoms with Crippen LogP contribution in [0.25, 0.3) is 10.8 Å². The maximum absolute atomic E-state index is 13.3. The molecule has 0 radical (unpaired) electrons. The Kier molecular flexibility index (Phi) is 7.12. The number of amides is 1. The predicted molar refractivity (Wildman–Crippen MR) is 120 cm³/mol. The molecule has 0 heterocycles. The van der Waals surface area contributed by atoms with E-state index >= 15 is 0 Å². The van der Waals surface area contributed by atoms with Crippen molar-refractivity contribution in [2.75, 3.05) is 23.7 Å². The third-order valence-electron chi connectivity index (χ3n) is 4.80. The highest BCUT2D eigenvalue weighted by molar-refractivity contribution is 7.92. The van der Waals surface area contributed by atoms with Crippen LogP contribution in [0, 0.1) is 5.82 Å². The SMILES string of the molecule is CC[C@H](C(=O)NCCOc1ccc2ccccc2c1)N(c1ccc(F)cc1)S(C)(=O)=O. The van der Waals surface area contributed by atoms with Gasteiger partial charge in [0.1, 0.15) is 24.2 Å². The van der Waals surface area contributed by atoms with Crippen LogP contribution in [0.1, 0.15) is 13.3 Å². The summed E-state index contributed by atoms with van der Waals surface area (Å²) in [6, 6.07) is 17.7. The number of sulfonamides is 1. The fourth-order valence-electron chi connectivity index (χ4n) is 3.37. The molecule has 1 amide bonds. The zero-order valence-electron chi connectivity index (χ0n) is 17.4. The summed E-state index contributed by atoms with van der Waals surface area (Å²) >= 11 is 0. The lowest BCUT2D eigenvalue weighted by Gasteiger charge is -2.30. The molecule has 0 spiro atoms. The Hall–Kier alpha value is -3.13. The molecule has 0 saturated carbocycles. The lowest BCUT2D eigenvalue weighted by molar-refractivity contribution is -0.122. The van der Waals surface area contributed by atoms with Gasteiger partial charge < -0.3 is 10.1 Å². The van der Waals surface area contributed by atoms with Gasteiger partial charge in [0.25, 0.3) is 0 Å². The molecule has 0 fully saturated rings. The third kappa shape index (κ3) is 5.73. The van der Waals surface area contributed by atoms with E-state index in [4.69, 9.17) is 4.74 Å². The second-order valence-electron chi connectivity index (χ2n) is 7.11. The highest BCUT2D eigenvalue weighted by Gasteiger charge is 2.31. The number of ether oxygens (including phenoxy) is 1. The molecule has 6 nitrogen and oxygen atoms in total. The van der Waals surface area contributed by atoms with Gasteiger partial charge in [-0.1, -0.05) is 37.3 Å². The molecule has 3 aromatic carbocycles. The van der Waals surface area contributed by atoms with Gasteiger partial charge in [-0.05, 0) is 53.6 Å². The van der Waals surface area contributed by atoms with E-state index in [0.717, 1.165) is 33.5 Å². The molecule has 1 atom stereocenters. The summed E-state index contributed by atoms with van der Waals surface area (Å²) < 4.78 is 44.7. The number of carbonyl (C=O) groups is 1. The maximum atomic E-state index is 13.3. The highest BCUT2D eigenvalue weighted by Crippen LogP contribution is 2.23. The lowest BCUT2D eigenvalue weighted by atomic mass is 10.1. The van der Waals surface area contributed by atoms with E-state index < -0.39 is 27.8 Å². The summed E-state index contributed by atoms with van der Waals surface area (Å²) in [5, 5.41) is 4.89. The molecule has 0 unspecified atom stereocenters. The van der Waals surface area contributed by atoms with Gasteiger partial charge in [0.15, 0.2) is 0 Å². The molecular weight excluding hydrogens is 419 g/mol. The van der Waals surface area contributed by atoms with Crippen LogP contribution in [-0.4, -0.2) is 39.8 Å². The monoisotopic (exact) mass is 444 g/mol. The Labute approximate surface area is 181 Å². The predicted octanol–water partition coefficient (Wildman–Crippen LogP) is 3.72. The molecule has 3 rings (SSSR count). The van der Waals surface area contributed by atoms with Gasteiger partial charge in [0.2, 0.25) is 15.9 Å².